The summed E-state index contributed by atoms with van der Waals surface area (Å²) in [5.74, 6) is 0. The summed E-state index contributed by atoms with van der Waals surface area (Å²) in [4.78, 5) is 5.23. The van der Waals surface area contributed by atoms with E-state index >= 15 is 0 Å². The van der Waals surface area contributed by atoms with Gasteiger partial charge in [0.25, 0.3) is 6.71 Å². The second-order valence-electron chi connectivity index (χ2n) is 23.5. The Hall–Kier alpha value is -6.00. The second-order valence-corrected chi connectivity index (χ2v) is 23.5. The molecule has 3 heterocycles. The Morgan fingerprint density at radius 1 is 0.492 bits per heavy atom. The molecule has 0 unspecified atom stereocenters. The van der Waals surface area contributed by atoms with Crippen molar-refractivity contribution in [1.82, 2.24) is 0 Å². The molecule has 0 N–H and O–H groups in total. The maximum Gasteiger partial charge on any atom is 0.252 e. The molecule has 0 spiro atoms. The molecule has 12 rings (SSSR count). The minimum absolute atomic E-state index is 0.0123. The van der Waals surface area contributed by atoms with Crippen LogP contribution in [-0.4, -0.2) is 6.71 Å². The van der Waals surface area contributed by atoms with Crippen LogP contribution in [0, 0.1) is 13.8 Å². The molecule has 65 heavy (non-hydrogen) atoms. The molecule has 324 valence electrons. The van der Waals surface area contributed by atoms with Crippen molar-refractivity contribution in [1.29, 1.82) is 0 Å². The molecule has 2 aliphatic carbocycles. The Kier molecular flexibility index (Phi) is 8.02. The van der Waals surface area contributed by atoms with Crippen LogP contribution in [0.1, 0.15) is 133 Å². The van der Waals surface area contributed by atoms with Gasteiger partial charge in [0.05, 0.1) is 5.69 Å². The monoisotopic (exact) mass is 848 g/mol. The van der Waals surface area contributed by atoms with Gasteiger partial charge in [-0.2, -0.15) is 0 Å². The number of anilines is 6. The van der Waals surface area contributed by atoms with E-state index in [2.05, 4.69) is 221 Å². The van der Waals surface area contributed by atoms with Crippen molar-refractivity contribution in [2.45, 2.75) is 124 Å². The van der Waals surface area contributed by atoms with Gasteiger partial charge in [0.1, 0.15) is 5.58 Å². The van der Waals surface area contributed by atoms with Gasteiger partial charge in [-0.05, 0) is 145 Å². The number of hydrogen-bond donors (Lipinski definition) is 0. The predicted molar refractivity (Wildman–Crippen MR) is 277 cm³/mol. The molecule has 3 nitrogen and oxygen atoms in total. The van der Waals surface area contributed by atoms with Gasteiger partial charge >= 0.3 is 0 Å². The number of furan rings is 1. The first-order valence-corrected chi connectivity index (χ1v) is 23.9. The van der Waals surface area contributed by atoms with Crippen LogP contribution in [0.25, 0.3) is 21.9 Å². The quantitative estimate of drug-likeness (QED) is 0.162. The number of fused-ring (bicyclic) bond motifs is 10. The number of para-hydroxylation sites is 2. The van der Waals surface area contributed by atoms with Gasteiger partial charge in [0.2, 0.25) is 0 Å². The minimum Gasteiger partial charge on any atom is -0.454 e. The molecule has 0 saturated heterocycles. The Labute approximate surface area is 386 Å². The molecule has 0 fully saturated rings. The van der Waals surface area contributed by atoms with E-state index in [0.717, 1.165) is 34.0 Å². The molecule has 0 radical (unpaired) electrons. The van der Waals surface area contributed by atoms with Crippen LogP contribution in [-0.2, 0) is 27.1 Å². The summed E-state index contributed by atoms with van der Waals surface area (Å²) in [5, 5.41) is 2.28. The van der Waals surface area contributed by atoms with Crippen LogP contribution in [0.3, 0.4) is 0 Å². The third-order valence-electron chi connectivity index (χ3n) is 16.4. The van der Waals surface area contributed by atoms with E-state index in [0.29, 0.717) is 0 Å². The van der Waals surface area contributed by atoms with E-state index in [-0.39, 0.29) is 33.8 Å². The van der Waals surface area contributed by atoms with Crippen molar-refractivity contribution in [2.24, 2.45) is 0 Å². The second kappa shape index (κ2) is 12.9. The van der Waals surface area contributed by atoms with Crippen molar-refractivity contribution >= 4 is 79.2 Å². The van der Waals surface area contributed by atoms with Crippen molar-refractivity contribution in [3.8, 4) is 0 Å². The molecule has 2 aliphatic heterocycles. The van der Waals surface area contributed by atoms with E-state index in [1.165, 1.54) is 94.9 Å². The summed E-state index contributed by atoms with van der Waals surface area (Å²) in [6, 6.07) is 47.1. The van der Waals surface area contributed by atoms with Gasteiger partial charge < -0.3 is 14.2 Å². The van der Waals surface area contributed by atoms with Crippen LogP contribution < -0.4 is 26.2 Å². The molecular formula is C61H61BN2O. The largest absolute Gasteiger partial charge is 0.454 e. The zero-order chi connectivity index (χ0) is 45.5. The fourth-order valence-corrected chi connectivity index (χ4v) is 13.3. The van der Waals surface area contributed by atoms with E-state index in [1.54, 1.807) is 0 Å². The lowest BCUT2D eigenvalue weighted by atomic mass is 9.33. The first kappa shape index (κ1) is 40.5. The average Bonchev–Trinajstić information content (AvgIpc) is 3.72. The first-order chi connectivity index (χ1) is 30.7. The highest BCUT2D eigenvalue weighted by molar-refractivity contribution is 7.00. The van der Waals surface area contributed by atoms with E-state index in [9.17, 15) is 0 Å². The summed E-state index contributed by atoms with van der Waals surface area (Å²) in [6.45, 7) is 31.2. The lowest BCUT2D eigenvalue weighted by molar-refractivity contribution is 0.403. The lowest BCUT2D eigenvalue weighted by Crippen LogP contribution is -2.62. The van der Waals surface area contributed by atoms with Crippen molar-refractivity contribution in [2.75, 3.05) is 9.80 Å². The SMILES string of the molecule is Cc1cc2c3c(c1)N(c1cccc4c1oc1ccccc14)c1cc4c(cc1B3c1cc(C(C)(C)C)ccc1N2c1cc2c(cc1C)C(C)(C)CC2(C)C)C(C)(C)c1ccccc1C4(C)C. The fraction of sp³-hybridized carbons (Fsp3) is 0.311. The van der Waals surface area contributed by atoms with Gasteiger partial charge in [-0.25, -0.2) is 0 Å². The zero-order valence-corrected chi connectivity index (χ0v) is 40.6. The summed E-state index contributed by atoms with van der Waals surface area (Å²) >= 11 is 0. The molecule has 0 atom stereocenters. The van der Waals surface area contributed by atoms with Gasteiger partial charge in [-0.3, -0.25) is 0 Å². The van der Waals surface area contributed by atoms with Crippen LogP contribution in [0.15, 0.2) is 126 Å². The molecule has 0 saturated carbocycles. The number of benzene rings is 7. The molecule has 4 heteroatoms. The smallest absolute Gasteiger partial charge is 0.252 e. The third-order valence-corrected chi connectivity index (χ3v) is 16.4. The molecule has 1 aromatic heterocycles. The number of hydrogen-bond acceptors (Lipinski definition) is 3. The Morgan fingerprint density at radius 3 is 1.74 bits per heavy atom. The number of nitrogens with zero attached hydrogens (tertiary/aromatic N) is 2. The van der Waals surface area contributed by atoms with Gasteiger partial charge in [-0.1, -0.05) is 155 Å². The molecular weight excluding hydrogens is 787 g/mol. The van der Waals surface area contributed by atoms with Crippen molar-refractivity contribution in [3.05, 3.63) is 171 Å². The Balaban J connectivity index is 1.23. The topological polar surface area (TPSA) is 19.6 Å². The standard InChI is InChI=1S/C61H61BN2O/c1-35-27-52-55-53(28-35)64(49-23-18-20-39-38-19-14-17-24-54(38)65-56(39)49)51-33-45-44(60(10,11)40-21-15-16-22-41(40)61(45,12)13)31-47(51)62(55)46-30-37(57(3,4)5)25-26-48(46)63(52)50-32-43-42(29-36(50)2)58(6,7)34-59(43,8)9/h14-33H,34H2,1-13H3. The molecule has 0 bridgehead atoms. The van der Waals surface area contributed by atoms with Crippen LogP contribution in [0.4, 0.5) is 34.1 Å². The molecule has 7 aromatic carbocycles. The highest BCUT2D eigenvalue weighted by atomic mass is 16.3. The van der Waals surface area contributed by atoms with E-state index in [4.69, 9.17) is 4.42 Å². The Morgan fingerprint density at radius 2 is 1.06 bits per heavy atom. The summed E-state index contributed by atoms with van der Waals surface area (Å²) < 4.78 is 6.97. The third kappa shape index (κ3) is 5.43. The van der Waals surface area contributed by atoms with Gasteiger partial charge in [0.15, 0.2) is 5.58 Å². The van der Waals surface area contributed by atoms with Crippen molar-refractivity contribution in [3.63, 3.8) is 0 Å². The van der Waals surface area contributed by atoms with Gasteiger partial charge in [0, 0.05) is 50.0 Å². The highest BCUT2D eigenvalue weighted by Crippen LogP contribution is 2.55. The summed E-state index contributed by atoms with van der Waals surface area (Å²) in [5.41, 5.74) is 25.4. The Bertz CT molecular complexity index is 3390. The summed E-state index contributed by atoms with van der Waals surface area (Å²) in [7, 11) is 0. The fourth-order valence-electron chi connectivity index (χ4n) is 13.3. The van der Waals surface area contributed by atoms with Crippen LogP contribution in [0.2, 0.25) is 0 Å². The molecule has 4 aliphatic rings. The van der Waals surface area contributed by atoms with Crippen LogP contribution in [0.5, 0.6) is 0 Å². The maximum atomic E-state index is 6.97. The van der Waals surface area contributed by atoms with E-state index in [1.807, 2.05) is 0 Å². The number of rotatable bonds is 2. The average molecular weight is 849 g/mol. The van der Waals surface area contributed by atoms with Crippen molar-refractivity contribution < 1.29 is 4.42 Å². The van der Waals surface area contributed by atoms with Gasteiger partial charge in [-0.15, -0.1) is 0 Å². The van der Waals surface area contributed by atoms with Crippen LogP contribution >= 0.6 is 0 Å². The molecule has 0 amide bonds. The normalized spacial score (nSPS) is 18.0. The number of aryl methyl sites for hydroxylation is 2. The highest BCUT2D eigenvalue weighted by Gasteiger charge is 2.49. The predicted octanol–water partition coefficient (Wildman–Crippen LogP) is 14.5. The minimum atomic E-state index is -0.223. The van der Waals surface area contributed by atoms with E-state index < -0.39 is 0 Å². The lowest BCUT2D eigenvalue weighted by Gasteiger charge is -2.48. The first-order valence-electron chi connectivity index (χ1n) is 23.9. The summed E-state index contributed by atoms with van der Waals surface area (Å²) in [6.07, 6.45) is 1.13. The zero-order valence-electron chi connectivity index (χ0n) is 40.6. The maximum absolute atomic E-state index is 6.97. The molecule has 8 aromatic rings.